The zero-order valence-electron chi connectivity index (χ0n) is 32.6. The van der Waals surface area contributed by atoms with E-state index in [1.54, 1.807) is 0 Å². The quantitative estimate of drug-likeness (QED) is 0.176. The summed E-state index contributed by atoms with van der Waals surface area (Å²) < 4.78 is 4.74. The maximum Gasteiger partial charge on any atom is 0.164 e. The van der Waals surface area contributed by atoms with Crippen molar-refractivity contribution in [1.82, 2.24) is 24.1 Å². The zero-order chi connectivity index (χ0) is 39.2. The van der Waals surface area contributed by atoms with Gasteiger partial charge in [-0.05, 0) is 70.8 Å². The second kappa shape index (κ2) is 12.7. The molecule has 11 aromatic rings. The van der Waals surface area contributed by atoms with Crippen LogP contribution in [0.15, 0.2) is 188 Å². The van der Waals surface area contributed by atoms with Crippen LogP contribution >= 0.6 is 0 Å². The molecule has 8 aromatic carbocycles. The second-order valence-corrected chi connectivity index (χ2v) is 16.0. The summed E-state index contributed by atoms with van der Waals surface area (Å²) >= 11 is 0. The summed E-state index contributed by atoms with van der Waals surface area (Å²) in [5, 5.41) is 5.01. The molecule has 0 N–H and O–H groups in total. The predicted molar refractivity (Wildman–Crippen MR) is 242 cm³/mol. The molecule has 0 saturated heterocycles. The highest BCUT2D eigenvalue weighted by Gasteiger charge is 2.38. The molecule has 0 spiro atoms. The minimum atomic E-state index is -0.143. The fraction of sp³-hybridized carbons (Fsp3) is 0.0556. The van der Waals surface area contributed by atoms with Crippen molar-refractivity contribution in [1.29, 1.82) is 0 Å². The fourth-order valence-electron chi connectivity index (χ4n) is 9.73. The predicted octanol–water partition coefficient (Wildman–Crippen LogP) is 13.4. The lowest BCUT2D eigenvalue weighted by molar-refractivity contribution is 0.666. The van der Waals surface area contributed by atoms with Gasteiger partial charge in [0.2, 0.25) is 0 Å². The first kappa shape index (κ1) is 33.5. The lowest BCUT2D eigenvalue weighted by atomic mass is 9.80. The van der Waals surface area contributed by atoms with E-state index >= 15 is 0 Å². The minimum absolute atomic E-state index is 0.143. The van der Waals surface area contributed by atoms with Crippen LogP contribution in [0.2, 0.25) is 0 Å². The second-order valence-electron chi connectivity index (χ2n) is 16.0. The van der Waals surface area contributed by atoms with E-state index in [0.717, 1.165) is 39.1 Å². The number of aromatic nitrogens is 5. The SMILES string of the molecule is CC1(C)c2ccccc2-c2ccc3c(c21)c1ccccc1n3-c1cccc(-c2nc(-c3ccccc3)nc(-c3cccc(-n4c5ccccc5c5ccccc54)c3)n2)c1. The fourth-order valence-corrected chi connectivity index (χ4v) is 9.73. The van der Waals surface area contributed by atoms with Gasteiger partial charge >= 0.3 is 0 Å². The Hall–Kier alpha value is -7.63. The number of benzene rings is 8. The smallest absolute Gasteiger partial charge is 0.164 e. The van der Waals surface area contributed by atoms with Crippen LogP contribution in [-0.4, -0.2) is 24.1 Å². The maximum absolute atomic E-state index is 5.24. The van der Waals surface area contributed by atoms with Crippen LogP contribution < -0.4 is 0 Å². The van der Waals surface area contributed by atoms with Crippen molar-refractivity contribution in [3.63, 3.8) is 0 Å². The molecular weight excluding hydrogens is 719 g/mol. The van der Waals surface area contributed by atoms with Crippen molar-refractivity contribution in [3.8, 4) is 56.7 Å². The number of fused-ring (bicyclic) bond motifs is 10. The number of hydrogen-bond donors (Lipinski definition) is 0. The van der Waals surface area contributed by atoms with Crippen LogP contribution in [0.3, 0.4) is 0 Å². The average molecular weight is 756 g/mol. The molecule has 1 aliphatic rings. The van der Waals surface area contributed by atoms with E-state index in [0.29, 0.717) is 17.5 Å². The highest BCUT2D eigenvalue weighted by Crippen LogP contribution is 2.53. The van der Waals surface area contributed by atoms with E-state index in [9.17, 15) is 0 Å². The van der Waals surface area contributed by atoms with Crippen LogP contribution in [-0.2, 0) is 5.41 Å². The Morgan fingerprint density at radius 1 is 0.373 bits per heavy atom. The molecule has 0 aliphatic heterocycles. The Balaban J connectivity index is 1.04. The van der Waals surface area contributed by atoms with Gasteiger partial charge in [0.1, 0.15) is 0 Å². The molecule has 0 bridgehead atoms. The highest BCUT2D eigenvalue weighted by atomic mass is 15.0. The van der Waals surface area contributed by atoms with Gasteiger partial charge in [-0.1, -0.05) is 153 Å². The van der Waals surface area contributed by atoms with Crippen LogP contribution in [0.5, 0.6) is 0 Å². The number of hydrogen-bond acceptors (Lipinski definition) is 3. The molecule has 278 valence electrons. The summed E-state index contributed by atoms with van der Waals surface area (Å²) in [6.45, 7) is 4.73. The summed E-state index contributed by atoms with van der Waals surface area (Å²) in [5.41, 5.74) is 14.8. The minimum Gasteiger partial charge on any atom is -0.309 e. The molecule has 3 heterocycles. The van der Waals surface area contributed by atoms with Crippen LogP contribution in [0.1, 0.15) is 25.0 Å². The summed E-state index contributed by atoms with van der Waals surface area (Å²) in [7, 11) is 0. The van der Waals surface area contributed by atoms with E-state index in [1.165, 1.54) is 54.8 Å². The van der Waals surface area contributed by atoms with Gasteiger partial charge in [0.15, 0.2) is 17.5 Å². The zero-order valence-corrected chi connectivity index (χ0v) is 32.6. The van der Waals surface area contributed by atoms with Gasteiger partial charge in [0, 0.05) is 55.0 Å². The van der Waals surface area contributed by atoms with Crippen molar-refractivity contribution in [2.75, 3.05) is 0 Å². The third-order valence-corrected chi connectivity index (χ3v) is 12.3. The summed E-state index contributed by atoms with van der Waals surface area (Å²) in [5.74, 6) is 1.87. The molecule has 0 atom stereocenters. The molecule has 5 heteroatoms. The van der Waals surface area contributed by atoms with Gasteiger partial charge in [0.05, 0.1) is 22.1 Å². The first-order chi connectivity index (χ1) is 29.0. The molecule has 0 amide bonds. The van der Waals surface area contributed by atoms with Gasteiger partial charge in [-0.2, -0.15) is 0 Å². The molecule has 0 fully saturated rings. The van der Waals surface area contributed by atoms with Crippen molar-refractivity contribution < 1.29 is 0 Å². The van der Waals surface area contributed by atoms with Crippen molar-refractivity contribution >= 4 is 43.6 Å². The van der Waals surface area contributed by atoms with Crippen LogP contribution in [0, 0.1) is 0 Å². The lowest BCUT2D eigenvalue weighted by Gasteiger charge is -2.22. The topological polar surface area (TPSA) is 48.5 Å². The first-order valence-corrected chi connectivity index (χ1v) is 20.2. The van der Waals surface area contributed by atoms with E-state index < -0.39 is 0 Å². The van der Waals surface area contributed by atoms with Crippen molar-refractivity contribution in [3.05, 3.63) is 199 Å². The maximum atomic E-state index is 5.24. The highest BCUT2D eigenvalue weighted by molar-refractivity contribution is 6.14. The summed E-state index contributed by atoms with van der Waals surface area (Å²) in [6, 6.07) is 66.9. The van der Waals surface area contributed by atoms with Gasteiger partial charge in [-0.15, -0.1) is 0 Å². The van der Waals surface area contributed by atoms with E-state index in [1.807, 2.05) is 18.2 Å². The van der Waals surface area contributed by atoms with Crippen molar-refractivity contribution in [2.24, 2.45) is 0 Å². The Labute approximate surface area is 341 Å². The van der Waals surface area contributed by atoms with Gasteiger partial charge in [-0.25, -0.2) is 15.0 Å². The molecule has 0 saturated carbocycles. The van der Waals surface area contributed by atoms with Gasteiger partial charge < -0.3 is 9.13 Å². The monoisotopic (exact) mass is 755 g/mol. The molecule has 3 aromatic heterocycles. The number of nitrogens with zero attached hydrogens (tertiary/aromatic N) is 5. The van der Waals surface area contributed by atoms with Gasteiger partial charge in [-0.3, -0.25) is 0 Å². The first-order valence-electron chi connectivity index (χ1n) is 20.2. The van der Waals surface area contributed by atoms with Crippen LogP contribution in [0.4, 0.5) is 0 Å². The van der Waals surface area contributed by atoms with E-state index in [4.69, 9.17) is 15.0 Å². The summed E-state index contributed by atoms with van der Waals surface area (Å²) in [4.78, 5) is 15.5. The molecule has 0 unspecified atom stereocenters. The van der Waals surface area contributed by atoms with E-state index in [2.05, 4.69) is 193 Å². The third kappa shape index (κ3) is 5.01. The summed E-state index contributed by atoms with van der Waals surface area (Å²) in [6.07, 6.45) is 0. The molecular formula is C54H37N5. The van der Waals surface area contributed by atoms with E-state index in [-0.39, 0.29) is 5.41 Å². The largest absolute Gasteiger partial charge is 0.309 e. The Bertz CT molecular complexity index is 3430. The molecule has 5 nitrogen and oxygen atoms in total. The third-order valence-electron chi connectivity index (χ3n) is 12.3. The average Bonchev–Trinajstić information content (AvgIpc) is 3.90. The molecule has 1 aliphatic carbocycles. The molecule has 59 heavy (non-hydrogen) atoms. The van der Waals surface area contributed by atoms with Gasteiger partial charge in [0.25, 0.3) is 0 Å². The molecule has 12 rings (SSSR count). The molecule has 0 radical (unpaired) electrons. The van der Waals surface area contributed by atoms with Crippen LogP contribution in [0.25, 0.3) is 100 Å². The standard InChI is InChI=1S/C54H37N5/c1-54(2)44-26-10-6-22-39(44)42-30-31-48-49(50(42)54)43-25-9-13-29-47(43)59(48)38-21-15-19-36(33-38)53-56-51(34-16-4-3-5-17-34)55-52(57-53)35-18-14-20-37(32-35)58-45-27-11-7-23-40(45)41-24-8-12-28-46(41)58/h3-33H,1-2H3. The Kier molecular flexibility index (Phi) is 7.20. The Morgan fingerprint density at radius 2 is 0.847 bits per heavy atom. The number of rotatable bonds is 5. The normalized spacial score (nSPS) is 13.1. The number of para-hydroxylation sites is 3. The van der Waals surface area contributed by atoms with Crippen molar-refractivity contribution in [2.45, 2.75) is 19.3 Å². The Morgan fingerprint density at radius 3 is 1.47 bits per heavy atom. The lowest BCUT2D eigenvalue weighted by Crippen LogP contribution is -2.15.